The molecule has 5 heteroatoms. The number of benzene rings is 1. The monoisotopic (exact) mass is 306 g/mol. The predicted octanol–water partition coefficient (Wildman–Crippen LogP) is 2.54. The van der Waals surface area contributed by atoms with Crippen LogP contribution in [-0.2, 0) is 16.0 Å². The maximum absolute atomic E-state index is 12.1. The van der Waals surface area contributed by atoms with Gasteiger partial charge in [0.1, 0.15) is 0 Å². The molecule has 0 bridgehead atoms. The van der Waals surface area contributed by atoms with Crippen LogP contribution in [0.25, 0.3) is 0 Å². The summed E-state index contributed by atoms with van der Waals surface area (Å²) in [5.74, 6) is 0. The number of carbonyl (C=O) groups excluding carboxylic acids is 1. The second-order valence-corrected chi connectivity index (χ2v) is 5.67. The number of hydrogen-bond donors (Lipinski definition) is 1. The highest BCUT2D eigenvalue weighted by Gasteiger charge is 2.29. The van der Waals surface area contributed by atoms with E-state index in [1.807, 2.05) is 35.2 Å². The molecule has 0 unspecified atom stereocenters. The molecule has 0 aliphatic heterocycles. The van der Waals surface area contributed by atoms with Gasteiger partial charge in [0.05, 0.1) is 19.8 Å². The Hall–Kier alpha value is -1.59. The first-order valence-corrected chi connectivity index (χ1v) is 7.94. The second kappa shape index (κ2) is 8.76. The van der Waals surface area contributed by atoms with Gasteiger partial charge >= 0.3 is 6.09 Å². The highest BCUT2D eigenvalue weighted by Crippen LogP contribution is 2.26. The van der Waals surface area contributed by atoms with E-state index >= 15 is 0 Å². The quantitative estimate of drug-likeness (QED) is 0.877. The van der Waals surface area contributed by atoms with Gasteiger partial charge in [0, 0.05) is 19.1 Å². The molecule has 1 fully saturated rings. The standard InChI is InChI=1S/C17H26N2O3/c1-21-17(20)19(13-14-5-3-2-4-6-14)15-7-9-16(10-8-15)22-12-11-18/h2-6,15-16H,7-13,18H2,1H3. The van der Waals surface area contributed by atoms with Gasteiger partial charge in [-0.15, -0.1) is 0 Å². The van der Waals surface area contributed by atoms with E-state index in [9.17, 15) is 4.79 Å². The molecule has 0 atom stereocenters. The zero-order valence-electron chi connectivity index (χ0n) is 13.2. The van der Waals surface area contributed by atoms with Crippen molar-refractivity contribution in [1.82, 2.24) is 4.90 Å². The highest BCUT2D eigenvalue weighted by atomic mass is 16.5. The summed E-state index contributed by atoms with van der Waals surface area (Å²) in [7, 11) is 1.44. The molecule has 0 heterocycles. The topological polar surface area (TPSA) is 64.8 Å². The molecule has 0 radical (unpaired) electrons. The average Bonchev–Trinajstić information content (AvgIpc) is 2.58. The van der Waals surface area contributed by atoms with E-state index in [4.69, 9.17) is 15.2 Å². The average molecular weight is 306 g/mol. The highest BCUT2D eigenvalue weighted by molar-refractivity contribution is 5.67. The van der Waals surface area contributed by atoms with Gasteiger partial charge in [-0.2, -0.15) is 0 Å². The Bertz CT molecular complexity index is 444. The maximum Gasteiger partial charge on any atom is 0.410 e. The van der Waals surface area contributed by atoms with E-state index in [1.165, 1.54) is 7.11 Å². The molecule has 1 aliphatic rings. The van der Waals surface area contributed by atoms with E-state index in [0.717, 1.165) is 31.2 Å². The molecule has 0 spiro atoms. The number of carbonyl (C=O) groups is 1. The van der Waals surface area contributed by atoms with Crippen LogP contribution in [0.3, 0.4) is 0 Å². The molecule has 0 aromatic heterocycles. The third kappa shape index (κ3) is 4.71. The van der Waals surface area contributed by atoms with E-state index in [1.54, 1.807) is 0 Å². The molecular weight excluding hydrogens is 280 g/mol. The fourth-order valence-electron chi connectivity index (χ4n) is 3.00. The van der Waals surface area contributed by atoms with Crippen molar-refractivity contribution < 1.29 is 14.3 Å². The summed E-state index contributed by atoms with van der Waals surface area (Å²) in [5.41, 5.74) is 6.59. The van der Waals surface area contributed by atoms with Crippen molar-refractivity contribution in [3.63, 3.8) is 0 Å². The van der Waals surface area contributed by atoms with Crippen LogP contribution in [0.1, 0.15) is 31.2 Å². The summed E-state index contributed by atoms with van der Waals surface area (Å²) >= 11 is 0. The van der Waals surface area contributed by atoms with Gasteiger partial charge in [-0.1, -0.05) is 30.3 Å². The van der Waals surface area contributed by atoms with Crippen molar-refractivity contribution in [1.29, 1.82) is 0 Å². The summed E-state index contributed by atoms with van der Waals surface area (Å²) in [4.78, 5) is 14.0. The number of hydrogen-bond acceptors (Lipinski definition) is 4. The van der Waals surface area contributed by atoms with Crippen molar-refractivity contribution in [3.8, 4) is 0 Å². The van der Waals surface area contributed by atoms with E-state index in [-0.39, 0.29) is 18.2 Å². The molecule has 2 rings (SSSR count). The summed E-state index contributed by atoms with van der Waals surface area (Å²) in [5, 5.41) is 0. The molecule has 22 heavy (non-hydrogen) atoms. The van der Waals surface area contributed by atoms with Gasteiger partial charge in [0.15, 0.2) is 0 Å². The van der Waals surface area contributed by atoms with Crippen LogP contribution in [0.2, 0.25) is 0 Å². The minimum absolute atomic E-state index is 0.213. The SMILES string of the molecule is COC(=O)N(Cc1ccccc1)C1CCC(OCCN)CC1. The molecule has 1 amide bonds. The van der Waals surface area contributed by atoms with Gasteiger partial charge in [-0.3, -0.25) is 0 Å². The fraction of sp³-hybridized carbons (Fsp3) is 0.588. The number of nitrogens with two attached hydrogens (primary N) is 1. The number of nitrogens with zero attached hydrogens (tertiary/aromatic N) is 1. The van der Waals surface area contributed by atoms with Gasteiger partial charge in [-0.25, -0.2) is 4.79 Å². The molecule has 122 valence electrons. The molecule has 1 saturated carbocycles. The molecule has 1 aromatic rings. The van der Waals surface area contributed by atoms with Crippen LogP contribution in [0, 0.1) is 0 Å². The number of methoxy groups -OCH3 is 1. The molecule has 0 saturated heterocycles. The third-order valence-electron chi connectivity index (χ3n) is 4.16. The molecule has 1 aromatic carbocycles. The van der Waals surface area contributed by atoms with Crippen molar-refractivity contribution in [3.05, 3.63) is 35.9 Å². The Morgan fingerprint density at radius 1 is 1.23 bits per heavy atom. The first-order valence-electron chi connectivity index (χ1n) is 7.94. The second-order valence-electron chi connectivity index (χ2n) is 5.67. The van der Waals surface area contributed by atoms with Gasteiger partial charge < -0.3 is 20.1 Å². The largest absolute Gasteiger partial charge is 0.453 e. The Kier molecular flexibility index (Phi) is 6.68. The van der Waals surface area contributed by atoms with Crippen LogP contribution in [0.15, 0.2) is 30.3 Å². The van der Waals surface area contributed by atoms with Gasteiger partial charge in [0.2, 0.25) is 0 Å². The Balaban J connectivity index is 1.94. The maximum atomic E-state index is 12.1. The molecular formula is C17H26N2O3. The summed E-state index contributed by atoms with van der Waals surface area (Å²) < 4.78 is 10.7. The Morgan fingerprint density at radius 3 is 2.50 bits per heavy atom. The van der Waals surface area contributed by atoms with Crippen molar-refractivity contribution in [2.45, 2.75) is 44.4 Å². The first kappa shape index (κ1) is 16.8. The van der Waals surface area contributed by atoms with Crippen molar-refractivity contribution in [2.24, 2.45) is 5.73 Å². The lowest BCUT2D eigenvalue weighted by Crippen LogP contribution is -2.43. The zero-order chi connectivity index (χ0) is 15.8. The van der Waals surface area contributed by atoms with Gasteiger partial charge in [-0.05, 0) is 31.2 Å². The Morgan fingerprint density at radius 2 is 1.91 bits per heavy atom. The molecule has 2 N–H and O–H groups in total. The van der Waals surface area contributed by atoms with E-state index < -0.39 is 0 Å². The van der Waals surface area contributed by atoms with Crippen LogP contribution in [-0.4, -0.2) is 43.4 Å². The molecule has 5 nitrogen and oxygen atoms in total. The lowest BCUT2D eigenvalue weighted by atomic mass is 9.91. The normalized spacial score (nSPS) is 21.4. The minimum Gasteiger partial charge on any atom is -0.453 e. The lowest BCUT2D eigenvalue weighted by Gasteiger charge is -2.36. The lowest BCUT2D eigenvalue weighted by molar-refractivity contribution is 0.00951. The Labute approximate surface area is 132 Å². The van der Waals surface area contributed by atoms with Crippen LogP contribution >= 0.6 is 0 Å². The molecule has 1 aliphatic carbocycles. The van der Waals surface area contributed by atoms with Crippen LogP contribution in [0.5, 0.6) is 0 Å². The van der Waals surface area contributed by atoms with Crippen molar-refractivity contribution in [2.75, 3.05) is 20.3 Å². The van der Waals surface area contributed by atoms with Crippen LogP contribution < -0.4 is 5.73 Å². The van der Waals surface area contributed by atoms with Crippen LogP contribution in [0.4, 0.5) is 4.79 Å². The summed E-state index contributed by atoms with van der Waals surface area (Å²) in [6, 6.07) is 10.2. The number of rotatable bonds is 6. The first-order chi connectivity index (χ1) is 10.7. The predicted molar refractivity (Wildman–Crippen MR) is 85.4 cm³/mol. The van der Waals surface area contributed by atoms with E-state index in [2.05, 4.69) is 0 Å². The summed E-state index contributed by atoms with van der Waals surface area (Å²) in [6.07, 6.45) is 3.83. The zero-order valence-corrected chi connectivity index (χ0v) is 13.2. The number of ether oxygens (including phenoxy) is 2. The van der Waals surface area contributed by atoms with E-state index in [0.29, 0.717) is 19.7 Å². The third-order valence-corrected chi connectivity index (χ3v) is 4.16. The fourth-order valence-corrected chi connectivity index (χ4v) is 3.00. The smallest absolute Gasteiger partial charge is 0.410 e. The van der Waals surface area contributed by atoms with Gasteiger partial charge in [0.25, 0.3) is 0 Å². The number of amides is 1. The minimum atomic E-state index is -0.254. The van der Waals surface area contributed by atoms with Crippen molar-refractivity contribution >= 4 is 6.09 Å². The summed E-state index contributed by atoms with van der Waals surface area (Å²) in [6.45, 7) is 1.76.